The van der Waals surface area contributed by atoms with Gasteiger partial charge in [0.15, 0.2) is 0 Å². The van der Waals surface area contributed by atoms with E-state index in [-0.39, 0.29) is 0 Å². The molecule has 13 heavy (non-hydrogen) atoms. The largest absolute Gasteiger partial charge is 0.326 e. The number of aryl methyl sites for hydroxylation is 1. The number of fused-ring (bicyclic) bond motifs is 1. The summed E-state index contributed by atoms with van der Waals surface area (Å²) < 4.78 is 0. The van der Waals surface area contributed by atoms with Gasteiger partial charge in [0.25, 0.3) is 0 Å². The molecule has 0 aliphatic carbocycles. The van der Waals surface area contributed by atoms with E-state index in [2.05, 4.69) is 24.0 Å². The highest BCUT2D eigenvalue weighted by Crippen LogP contribution is 2.20. The van der Waals surface area contributed by atoms with Crippen molar-refractivity contribution < 1.29 is 0 Å². The molecule has 0 atom stereocenters. The maximum Gasteiger partial charge on any atom is 0.0346 e. The van der Waals surface area contributed by atoms with Crippen LogP contribution in [0.4, 0.5) is 0 Å². The van der Waals surface area contributed by atoms with E-state index in [1.807, 2.05) is 18.5 Å². The molecule has 2 nitrogen and oxygen atoms in total. The van der Waals surface area contributed by atoms with Crippen molar-refractivity contribution in [1.82, 2.24) is 4.98 Å². The van der Waals surface area contributed by atoms with Gasteiger partial charge in [0.1, 0.15) is 0 Å². The summed E-state index contributed by atoms with van der Waals surface area (Å²) in [5.41, 5.74) is 8.03. The van der Waals surface area contributed by atoms with Crippen molar-refractivity contribution in [2.24, 2.45) is 5.73 Å². The molecule has 0 fully saturated rings. The monoisotopic (exact) mass is 172 g/mol. The van der Waals surface area contributed by atoms with Gasteiger partial charge in [-0.2, -0.15) is 0 Å². The summed E-state index contributed by atoms with van der Waals surface area (Å²) >= 11 is 0. The van der Waals surface area contributed by atoms with Gasteiger partial charge in [0.2, 0.25) is 0 Å². The Labute approximate surface area is 77.4 Å². The first-order valence-corrected chi connectivity index (χ1v) is 4.35. The van der Waals surface area contributed by atoms with Gasteiger partial charge >= 0.3 is 0 Å². The highest BCUT2D eigenvalue weighted by atomic mass is 14.6. The van der Waals surface area contributed by atoms with E-state index < -0.39 is 0 Å². The van der Waals surface area contributed by atoms with Gasteiger partial charge in [-0.1, -0.05) is 18.2 Å². The molecular formula is C11H12N2. The molecule has 66 valence electrons. The molecular weight excluding hydrogens is 160 g/mol. The van der Waals surface area contributed by atoms with Crippen molar-refractivity contribution in [1.29, 1.82) is 0 Å². The van der Waals surface area contributed by atoms with Crippen LogP contribution in [0.2, 0.25) is 0 Å². The van der Waals surface area contributed by atoms with Crippen LogP contribution in [0.5, 0.6) is 0 Å². The van der Waals surface area contributed by atoms with E-state index in [1.54, 1.807) is 0 Å². The zero-order chi connectivity index (χ0) is 9.26. The minimum Gasteiger partial charge on any atom is -0.326 e. The first-order chi connectivity index (χ1) is 6.33. The molecule has 0 spiro atoms. The van der Waals surface area contributed by atoms with Crippen molar-refractivity contribution in [3.8, 4) is 0 Å². The molecule has 0 aliphatic heterocycles. The molecule has 0 radical (unpaired) electrons. The quantitative estimate of drug-likeness (QED) is 0.714. The zero-order valence-corrected chi connectivity index (χ0v) is 7.62. The standard InChI is InChI=1S/C11H12N2/c1-8-3-2-4-9-6-13-7-10(5-12)11(8)9/h2-4,6-7H,5,12H2,1H3. The molecule has 0 amide bonds. The van der Waals surface area contributed by atoms with E-state index >= 15 is 0 Å². The number of nitrogens with zero attached hydrogens (tertiary/aromatic N) is 1. The summed E-state index contributed by atoms with van der Waals surface area (Å²) in [5.74, 6) is 0. The first-order valence-electron chi connectivity index (χ1n) is 4.35. The molecule has 2 N–H and O–H groups in total. The second kappa shape index (κ2) is 3.15. The number of nitrogens with two attached hydrogens (primary N) is 1. The number of aromatic nitrogens is 1. The van der Waals surface area contributed by atoms with Crippen LogP contribution in [0.15, 0.2) is 30.6 Å². The molecule has 1 aromatic heterocycles. The van der Waals surface area contributed by atoms with E-state index in [9.17, 15) is 0 Å². The van der Waals surface area contributed by atoms with E-state index in [0.717, 1.165) is 5.56 Å². The number of hydrogen-bond donors (Lipinski definition) is 1. The second-order valence-corrected chi connectivity index (χ2v) is 3.18. The Hall–Kier alpha value is -1.41. The smallest absolute Gasteiger partial charge is 0.0346 e. The Morgan fingerprint density at radius 1 is 1.31 bits per heavy atom. The summed E-state index contributed by atoms with van der Waals surface area (Å²) in [5, 5.41) is 2.42. The predicted octanol–water partition coefficient (Wildman–Crippen LogP) is 2.00. The van der Waals surface area contributed by atoms with Gasteiger partial charge in [0, 0.05) is 24.3 Å². The minimum absolute atomic E-state index is 0.551. The third-order valence-electron chi connectivity index (χ3n) is 2.29. The van der Waals surface area contributed by atoms with Crippen LogP contribution >= 0.6 is 0 Å². The third kappa shape index (κ3) is 1.29. The SMILES string of the molecule is Cc1cccc2cncc(CN)c12. The van der Waals surface area contributed by atoms with Crippen LogP contribution in [0.25, 0.3) is 10.8 Å². The Kier molecular flexibility index (Phi) is 1.99. The van der Waals surface area contributed by atoms with Gasteiger partial charge in [-0.05, 0) is 23.4 Å². The Morgan fingerprint density at radius 2 is 2.15 bits per heavy atom. The molecule has 0 aliphatic rings. The fourth-order valence-corrected chi connectivity index (χ4v) is 1.66. The Bertz CT molecular complexity index is 430. The summed E-state index contributed by atoms with van der Waals surface area (Å²) in [6, 6.07) is 6.20. The topological polar surface area (TPSA) is 38.9 Å². The molecule has 0 bridgehead atoms. The van der Waals surface area contributed by atoms with Gasteiger partial charge < -0.3 is 5.73 Å². The van der Waals surface area contributed by atoms with E-state index in [0.29, 0.717) is 6.54 Å². The number of hydrogen-bond acceptors (Lipinski definition) is 2. The molecule has 2 heteroatoms. The van der Waals surface area contributed by atoms with Crippen molar-refractivity contribution in [3.05, 3.63) is 41.7 Å². The maximum atomic E-state index is 5.64. The average Bonchev–Trinajstić information content (AvgIpc) is 2.17. The lowest BCUT2D eigenvalue weighted by molar-refractivity contribution is 1.06. The number of pyridine rings is 1. The summed E-state index contributed by atoms with van der Waals surface area (Å²) in [7, 11) is 0. The summed E-state index contributed by atoms with van der Waals surface area (Å²) in [6.07, 6.45) is 3.72. The summed E-state index contributed by atoms with van der Waals surface area (Å²) in [6.45, 7) is 2.65. The lowest BCUT2D eigenvalue weighted by Gasteiger charge is -2.05. The molecule has 0 saturated carbocycles. The molecule has 0 unspecified atom stereocenters. The average molecular weight is 172 g/mol. The Morgan fingerprint density at radius 3 is 2.92 bits per heavy atom. The van der Waals surface area contributed by atoms with Gasteiger partial charge in [-0.3, -0.25) is 4.98 Å². The van der Waals surface area contributed by atoms with Crippen LogP contribution in [0, 0.1) is 6.92 Å². The van der Waals surface area contributed by atoms with E-state index in [1.165, 1.54) is 16.3 Å². The Balaban J connectivity index is 2.87. The van der Waals surface area contributed by atoms with Crippen LogP contribution < -0.4 is 5.73 Å². The normalized spacial score (nSPS) is 10.6. The van der Waals surface area contributed by atoms with Crippen LogP contribution in [-0.2, 0) is 6.54 Å². The van der Waals surface area contributed by atoms with Gasteiger partial charge in [-0.15, -0.1) is 0 Å². The second-order valence-electron chi connectivity index (χ2n) is 3.18. The minimum atomic E-state index is 0.551. The van der Waals surface area contributed by atoms with E-state index in [4.69, 9.17) is 5.73 Å². The lowest BCUT2D eigenvalue weighted by atomic mass is 10.0. The molecule has 2 aromatic rings. The molecule has 1 heterocycles. The van der Waals surface area contributed by atoms with Crippen LogP contribution in [0.3, 0.4) is 0 Å². The fourth-order valence-electron chi connectivity index (χ4n) is 1.66. The van der Waals surface area contributed by atoms with Gasteiger partial charge in [0.05, 0.1) is 0 Å². The summed E-state index contributed by atoms with van der Waals surface area (Å²) in [4.78, 5) is 4.14. The van der Waals surface area contributed by atoms with Gasteiger partial charge in [-0.25, -0.2) is 0 Å². The third-order valence-corrected chi connectivity index (χ3v) is 2.29. The molecule has 2 rings (SSSR count). The van der Waals surface area contributed by atoms with Crippen LogP contribution in [-0.4, -0.2) is 4.98 Å². The highest BCUT2D eigenvalue weighted by molar-refractivity contribution is 5.87. The van der Waals surface area contributed by atoms with Crippen molar-refractivity contribution in [2.75, 3.05) is 0 Å². The fraction of sp³-hybridized carbons (Fsp3) is 0.182. The van der Waals surface area contributed by atoms with Crippen LogP contribution in [0.1, 0.15) is 11.1 Å². The zero-order valence-electron chi connectivity index (χ0n) is 7.62. The first kappa shape index (κ1) is 8.20. The van der Waals surface area contributed by atoms with Crippen molar-refractivity contribution in [3.63, 3.8) is 0 Å². The molecule has 0 saturated heterocycles. The maximum absolute atomic E-state index is 5.64. The van der Waals surface area contributed by atoms with Crippen molar-refractivity contribution in [2.45, 2.75) is 13.5 Å². The highest BCUT2D eigenvalue weighted by Gasteiger charge is 2.01. The predicted molar refractivity (Wildman–Crippen MR) is 54.4 cm³/mol. The lowest BCUT2D eigenvalue weighted by Crippen LogP contribution is -1.98. The van der Waals surface area contributed by atoms with Crippen molar-refractivity contribution >= 4 is 10.8 Å². The number of benzene rings is 1. The number of rotatable bonds is 1. The molecule has 1 aromatic carbocycles.